The third-order valence-corrected chi connectivity index (χ3v) is 4.34. The standard InChI is InChI=1S/C20H16Cl2N4O4/c1-2-29-20(28)16-17(22)15(11-24-26-18(27)12-6-8-23-9-7-12)30-19(16)25-14-5-3-4-13(21)10-14/h3-11,25H,2H2,1H3,(H,26,27)/b24-11-. The van der Waals surface area contributed by atoms with E-state index in [4.69, 9.17) is 32.4 Å². The molecule has 30 heavy (non-hydrogen) atoms. The highest BCUT2D eigenvalue weighted by Crippen LogP contribution is 2.34. The van der Waals surface area contributed by atoms with Crippen LogP contribution in [0, 0.1) is 0 Å². The van der Waals surface area contributed by atoms with Crippen LogP contribution < -0.4 is 10.7 Å². The summed E-state index contributed by atoms with van der Waals surface area (Å²) in [6.07, 6.45) is 4.16. The second kappa shape index (κ2) is 9.91. The Kier molecular flexibility index (Phi) is 7.05. The Hall–Kier alpha value is -3.36. The van der Waals surface area contributed by atoms with E-state index >= 15 is 0 Å². The molecule has 0 atom stereocenters. The predicted octanol–water partition coefficient (Wildman–Crippen LogP) is 4.67. The van der Waals surface area contributed by atoms with Gasteiger partial charge in [0.2, 0.25) is 5.88 Å². The van der Waals surface area contributed by atoms with Crippen molar-refractivity contribution in [1.82, 2.24) is 10.4 Å². The molecular formula is C20H16Cl2N4O4. The molecule has 0 unspecified atom stereocenters. The van der Waals surface area contributed by atoms with Crippen molar-refractivity contribution in [3.05, 3.63) is 75.7 Å². The lowest BCUT2D eigenvalue weighted by Crippen LogP contribution is -2.17. The van der Waals surface area contributed by atoms with E-state index in [1.165, 1.54) is 30.7 Å². The summed E-state index contributed by atoms with van der Waals surface area (Å²) in [5, 5.41) is 7.26. The molecule has 3 aromatic rings. The molecule has 3 rings (SSSR count). The van der Waals surface area contributed by atoms with E-state index in [1.807, 2.05) is 0 Å². The van der Waals surface area contributed by atoms with Gasteiger partial charge in [-0.15, -0.1) is 0 Å². The zero-order valence-electron chi connectivity index (χ0n) is 15.7. The van der Waals surface area contributed by atoms with Crippen LogP contribution in [-0.4, -0.2) is 29.7 Å². The summed E-state index contributed by atoms with van der Waals surface area (Å²) in [4.78, 5) is 28.3. The van der Waals surface area contributed by atoms with Crippen LogP contribution in [0.15, 0.2) is 58.3 Å². The van der Waals surface area contributed by atoms with E-state index in [-0.39, 0.29) is 28.8 Å². The normalized spacial score (nSPS) is 10.8. The molecule has 2 heterocycles. The molecule has 0 radical (unpaired) electrons. The number of hydrazone groups is 1. The van der Waals surface area contributed by atoms with Crippen LogP contribution >= 0.6 is 23.2 Å². The van der Waals surface area contributed by atoms with Crippen LogP contribution in [0.3, 0.4) is 0 Å². The Balaban J connectivity index is 1.85. The summed E-state index contributed by atoms with van der Waals surface area (Å²) in [6.45, 7) is 1.83. The van der Waals surface area contributed by atoms with Crippen molar-refractivity contribution >= 4 is 52.9 Å². The van der Waals surface area contributed by atoms with Crippen molar-refractivity contribution in [2.75, 3.05) is 11.9 Å². The van der Waals surface area contributed by atoms with E-state index in [0.717, 1.165) is 0 Å². The number of carbonyl (C=O) groups excluding carboxylic acids is 2. The van der Waals surface area contributed by atoms with Gasteiger partial charge in [-0.05, 0) is 37.3 Å². The number of hydrogen-bond acceptors (Lipinski definition) is 7. The first-order valence-corrected chi connectivity index (χ1v) is 9.50. The van der Waals surface area contributed by atoms with Crippen LogP contribution in [0.1, 0.15) is 33.4 Å². The summed E-state index contributed by atoms with van der Waals surface area (Å²) >= 11 is 12.3. The maximum absolute atomic E-state index is 12.4. The number of nitrogens with zero attached hydrogens (tertiary/aromatic N) is 2. The van der Waals surface area contributed by atoms with Crippen LogP contribution in [0.5, 0.6) is 0 Å². The molecule has 2 N–H and O–H groups in total. The Morgan fingerprint density at radius 1 is 1.23 bits per heavy atom. The number of furan rings is 1. The number of anilines is 2. The first-order valence-electron chi connectivity index (χ1n) is 8.75. The molecule has 0 fully saturated rings. The van der Waals surface area contributed by atoms with Crippen LogP contribution in [-0.2, 0) is 4.74 Å². The topological polar surface area (TPSA) is 106 Å². The Morgan fingerprint density at radius 3 is 2.70 bits per heavy atom. The van der Waals surface area contributed by atoms with Crippen LogP contribution in [0.25, 0.3) is 0 Å². The molecule has 1 aromatic carbocycles. The van der Waals surface area contributed by atoms with Gasteiger partial charge in [-0.25, -0.2) is 10.2 Å². The third-order valence-electron chi connectivity index (χ3n) is 3.73. The molecule has 154 valence electrons. The van der Waals surface area contributed by atoms with E-state index in [2.05, 4.69) is 20.8 Å². The van der Waals surface area contributed by atoms with Crippen molar-refractivity contribution in [3.63, 3.8) is 0 Å². The molecule has 0 saturated heterocycles. The second-order valence-corrected chi connectivity index (χ2v) is 6.59. The number of carbonyl (C=O) groups is 2. The minimum Gasteiger partial charge on any atom is -0.462 e. The van der Waals surface area contributed by atoms with Gasteiger partial charge in [0.05, 0.1) is 12.8 Å². The monoisotopic (exact) mass is 446 g/mol. The summed E-state index contributed by atoms with van der Waals surface area (Å²) in [5.41, 5.74) is 3.30. The van der Waals surface area contributed by atoms with Gasteiger partial charge in [0.15, 0.2) is 5.76 Å². The lowest BCUT2D eigenvalue weighted by molar-refractivity contribution is 0.0527. The van der Waals surface area contributed by atoms with Crippen molar-refractivity contribution in [2.45, 2.75) is 6.92 Å². The number of halogens is 2. The van der Waals surface area contributed by atoms with Gasteiger partial charge < -0.3 is 14.5 Å². The maximum Gasteiger partial charge on any atom is 0.345 e. The molecular weight excluding hydrogens is 431 g/mol. The fourth-order valence-electron chi connectivity index (χ4n) is 2.40. The number of aromatic nitrogens is 1. The Labute approximate surface area is 181 Å². The van der Waals surface area contributed by atoms with Crippen molar-refractivity contribution in [2.24, 2.45) is 5.10 Å². The first-order chi connectivity index (χ1) is 14.5. The Bertz CT molecular complexity index is 1080. The van der Waals surface area contributed by atoms with Gasteiger partial charge in [0.25, 0.3) is 5.91 Å². The number of benzene rings is 1. The average Bonchev–Trinajstić information content (AvgIpc) is 3.03. The molecule has 0 bridgehead atoms. The molecule has 1 amide bonds. The van der Waals surface area contributed by atoms with E-state index < -0.39 is 11.9 Å². The number of hydrogen-bond donors (Lipinski definition) is 2. The van der Waals surface area contributed by atoms with Crippen molar-refractivity contribution in [3.8, 4) is 0 Å². The minimum absolute atomic E-state index is 0.000373. The predicted molar refractivity (Wildman–Crippen MR) is 114 cm³/mol. The van der Waals surface area contributed by atoms with Gasteiger partial charge in [-0.3, -0.25) is 9.78 Å². The van der Waals surface area contributed by atoms with Crippen LogP contribution in [0.4, 0.5) is 11.6 Å². The highest BCUT2D eigenvalue weighted by molar-refractivity contribution is 6.36. The lowest BCUT2D eigenvalue weighted by atomic mass is 10.2. The van der Waals surface area contributed by atoms with E-state index in [9.17, 15) is 9.59 Å². The molecule has 8 nitrogen and oxygen atoms in total. The summed E-state index contributed by atoms with van der Waals surface area (Å²) in [5.74, 6) is -1.00. The van der Waals surface area contributed by atoms with E-state index in [0.29, 0.717) is 16.3 Å². The zero-order valence-corrected chi connectivity index (χ0v) is 17.2. The second-order valence-electron chi connectivity index (χ2n) is 5.78. The first kappa shape index (κ1) is 21.4. The summed E-state index contributed by atoms with van der Waals surface area (Å²) < 4.78 is 10.7. The summed E-state index contributed by atoms with van der Waals surface area (Å²) in [6, 6.07) is 9.90. The molecule has 0 spiro atoms. The smallest absolute Gasteiger partial charge is 0.345 e. The Morgan fingerprint density at radius 2 is 2.00 bits per heavy atom. The fraction of sp³-hybridized carbons (Fsp3) is 0.100. The van der Waals surface area contributed by atoms with Gasteiger partial charge in [0, 0.05) is 28.7 Å². The maximum atomic E-state index is 12.4. The number of esters is 1. The van der Waals surface area contributed by atoms with Crippen molar-refractivity contribution < 1.29 is 18.7 Å². The minimum atomic E-state index is -0.670. The fourth-order valence-corrected chi connectivity index (χ4v) is 2.84. The number of ether oxygens (including phenoxy) is 1. The molecule has 0 aliphatic heterocycles. The number of amides is 1. The highest BCUT2D eigenvalue weighted by Gasteiger charge is 2.25. The molecule has 2 aromatic heterocycles. The molecule has 10 heteroatoms. The van der Waals surface area contributed by atoms with Crippen LogP contribution in [0.2, 0.25) is 10.0 Å². The molecule has 0 aliphatic rings. The highest BCUT2D eigenvalue weighted by atomic mass is 35.5. The quantitative estimate of drug-likeness (QED) is 0.310. The molecule has 0 saturated carbocycles. The largest absolute Gasteiger partial charge is 0.462 e. The number of rotatable bonds is 7. The van der Waals surface area contributed by atoms with Gasteiger partial charge in [0.1, 0.15) is 10.6 Å². The van der Waals surface area contributed by atoms with Gasteiger partial charge in [-0.1, -0.05) is 29.3 Å². The number of pyridine rings is 1. The van der Waals surface area contributed by atoms with Crippen molar-refractivity contribution in [1.29, 1.82) is 0 Å². The van der Waals surface area contributed by atoms with Gasteiger partial charge in [-0.2, -0.15) is 5.10 Å². The lowest BCUT2D eigenvalue weighted by Gasteiger charge is -2.06. The SMILES string of the molecule is CCOC(=O)c1c(Nc2cccc(Cl)c2)oc(/C=N\NC(=O)c2ccncc2)c1Cl. The third kappa shape index (κ3) is 5.16. The average molecular weight is 447 g/mol. The zero-order chi connectivity index (χ0) is 21.5. The number of nitrogens with one attached hydrogen (secondary N) is 2. The molecule has 0 aliphatic carbocycles. The summed E-state index contributed by atoms with van der Waals surface area (Å²) in [7, 11) is 0. The van der Waals surface area contributed by atoms with E-state index in [1.54, 1.807) is 31.2 Å². The van der Waals surface area contributed by atoms with Gasteiger partial charge >= 0.3 is 5.97 Å².